The van der Waals surface area contributed by atoms with Gasteiger partial charge in [0.05, 0.1) is 0 Å². The van der Waals surface area contributed by atoms with Crippen molar-refractivity contribution in [1.82, 2.24) is 6.15 Å². The lowest BCUT2D eigenvalue weighted by molar-refractivity contribution is -0.283. The largest absolute Gasteiger partial charge is 0.554 e. The molecule has 86 valence electrons. The highest BCUT2D eigenvalue weighted by Gasteiger charge is 1.35. The molecular weight excluding hydrogens is 178 g/mol. The Labute approximate surface area is 79.4 Å². The second-order valence-electron chi connectivity index (χ2n) is 1.04. The van der Waals surface area contributed by atoms with Gasteiger partial charge in [-0.1, -0.05) is 0 Å². The van der Waals surface area contributed by atoms with Gasteiger partial charge < -0.3 is 31.4 Å². The molecule has 0 saturated heterocycles. The van der Waals surface area contributed by atoms with Crippen molar-refractivity contribution in [1.29, 1.82) is 0 Å². The van der Waals surface area contributed by atoms with Crippen molar-refractivity contribution in [2.75, 3.05) is 19.8 Å². The quantitative estimate of drug-likeness (QED) is 0.362. The highest BCUT2D eigenvalue weighted by atomic mass is 16.3. The summed E-state index contributed by atoms with van der Waals surface area (Å²) in [6.45, 7) is 5.29. The van der Waals surface area contributed by atoms with Gasteiger partial charge in [-0.05, 0) is 20.8 Å². The Morgan fingerprint density at radius 1 is 1.00 bits per heavy atom. The number of rotatable bonds is 0. The molecule has 6 nitrogen and oxygen atoms in total. The molecule has 0 aliphatic heterocycles. The molecule has 6 heteroatoms. The molecule has 0 aliphatic rings. The number of carbonyl (C=O) groups excluding carboxylic acids is 1. The van der Waals surface area contributed by atoms with E-state index in [1.54, 1.807) is 20.8 Å². The zero-order valence-corrected chi connectivity index (χ0v) is 8.86. The maximum absolute atomic E-state index is 8.25. The fourth-order valence-electron chi connectivity index (χ4n) is 0. The lowest BCUT2D eigenvalue weighted by Gasteiger charge is -1.52. The van der Waals surface area contributed by atoms with Crippen LogP contribution in [-0.2, 0) is 4.79 Å². The summed E-state index contributed by atoms with van der Waals surface area (Å²) in [5, 5.41) is 31.0. The van der Waals surface area contributed by atoms with Gasteiger partial charge in [-0.3, -0.25) is 0 Å². The molecule has 13 heavy (non-hydrogen) atoms. The molecule has 0 spiro atoms. The monoisotopic (exact) mass is 201 g/mol. The van der Waals surface area contributed by atoms with Gasteiger partial charge in [-0.2, -0.15) is 0 Å². The number of aliphatic hydroxyl groups excluding tert-OH is 3. The van der Waals surface area contributed by atoms with Crippen molar-refractivity contribution < 1.29 is 25.2 Å². The van der Waals surface area contributed by atoms with Crippen LogP contribution in [0.2, 0.25) is 0 Å². The maximum Gasteiger partial charge on any atom is 0.0402 e. The summed E-state index contributed by atoms with van der Waals surface area (Å²) in [7, 11) is 0. The van der Waals surface area contributed by atoms with Crippen LogP contribution in [-0.4, -0.2) is 41.6 Å². The molecule has 0 heterocycles. The number of hydrogen-bond donors (Lipinski definition) is 4. The second kappa shape index (κ2) is 110. The second-order valence-corrected chi connectivity index (χ2v) is 1.04. The van der Waals surface area contributed by atoms with Gasteiger partial charge in [-0.15, -0.1) is 0 Å². The maximum atomic E-state index is 8.25. The van der Waals surface area contributed by atoms with Crippen molar-refractivity contribution in [2.45, 2.75) is 20.8 Å². The molecule has 0 aromatic carbocycles. The first-order chi connectivity index (χ1) is 5.66. The van der Waals surface area contributed by atoms with Gasteiger partial charge in [0, 0.05) is 26.3 Å². The number of hydrogen-bond acceptors (Lipinski definition) is 5. The van der Waals surface area contributed by atoms with Gasteiger partial charge >= 0.3 is 0 Å². The summed E-state index contributed by atoms with van der Waals surface area (Å²) in [6, 6.07) is 0. The Morgan fingerprint density at radius 2 is 1.00 bits per heavy atom. The van der Waals surface area contributed by atoms with E-state index in [2.05, 4.69) is 0 Å². The first-order valence-electron chi connectivity index (χ1n) is 3.54. The van der Waals surface area contributed by atoms with E-state index in [4.69, 9.17) is 25.2 Å². The van der Waals surface area contributed by atoms with Crippen LogP contribution >= 0.6 is 0 Å². The lowest BCUT2D eigenvalue weighted by Crippen LogP contribution is -2.01. The van der Waals surface area contributed by atoms with Gasteiger partial charge in [0.1, 0.15) is 0 Å². The summed E-state index contributed by atoms with van der Waals surface area (Å²) in [5.74, 6) is 0. The lowest BCUT2D eigenvalue weighted by atomic mass is 10.9. The molecule has 0 unspecified atom stereocenters. The number of carboxylic acid groups (broad SMARTS) is 1. The van der Waals surface area contributed by atoms with Crippen LogP contribution in [0.4, 0.5) is 0 Å². The molecule has 0 aromatic heterocycles. The third-order valence-corrected chi connectivity index (χ3v) is 0. The average Bonchev–Trinajstić information content (AvgIpc) is 1.92. The SMILES string of the molecule is CCO.CCO.CCO.O=C[O-].[NH4+]. The van der Waals surface area contributed by atoms with Crippen molar-refractivity contribution in [3.63, 3.8) is 0 Å². The van der Waals surface area contributed by atoms with Crippen LogP contribution in [0.3, 0.4) is 0 Å². The van der Waals surface area contributed by atoms with E-state index < -0.39 is 6.47 Å². The van der Waals surface area contributed by atoms with E-state index in [0.29, 0.717) is 0 Å². The van der Waals surface area contributed by atoms with Gasteiger partial charge in [-0.25, -0.2) is 0 Å². The normalized spacial score (nSPS) is 5.08. The summed E-state index contributed by atoms with van der Waals surface area (Å²) in [4.78, 5) is 8.25. The predicted molar refractivity (Wildman–Crippen MR) is 50.3 cm³/mol. The number of aliphatic hydroxyl groups is 3. The zero-order chi connectivity index (χ0) is 10.8. The van der Waals surface area contributed by atoms with Crippen molar-refractivity contribution in [2.24, 2.45) is 0 Å². The Hall–Kier alpha value is -0.690. The van der Waals surface area contributed by atoms with E-state index in [0.717, 1.165) is 0 Å². The summed E-state index contributed by atoms with van der Waals surface area (Å²) < 4.78 is 0. The molecule has 0 fully saturated rings. The highest BCUT2D eigenvalue weighted by molar-refractivity contribution is 5.29. The molecular formula is C7H23NO5. The van der Waals surface area contributed by atoms with Crippen LogP contribution < -0.4 is 11.3 Å². The standard InChI is InChI=1S/3C2H6O.CH2O2.H3N/c3*1-2-3;2-1-3;/h3*3H,2H2,1H3;1H,(H,2,3);1H3. The molecule has 0 aliphatic carbocycles. The molecule has 0 amide bonds. The van der Waals surface area contributed by atoms with Gasteiger partial charge in [0.25, 0.3) is 0 Å². The fourth-order valence-corrected chi connectivity index (χ4v) is 0. The zero-order valence-electron chi connectivity index (χ0n) is 8.86. The minimum absolute atomic E-state index is 0. The molecule has 0 rings (SSSR count). The van der Waals surface area contributed by atoms with Crippen molar-refractivity contribution >= 4 is 6.47 Å². The molecule has 0 bridgehead atoms. The summed E-state index contributed by atoms with van der Waals surface area (Å²) in [5.41, 5.74) is 0. The third kappa shape index (κ3) is 2060. The highest BCUT2D eigenvalue weighted by Crippen LogP contribution is 1.30. The van der Waals surface area contributed by atoms with E-state index in [9.17, 15) is 0 Å². The van der Waals surface area contributed by atoms with Crippen LogP contribution in [0, 0.1) is 0 Å². The van der Waals surface area contributed by atoms with Crippen molar-refractivity contribution in [3.05, 3.63) is 0 Å². The van der Waals surface area contributed by atoms with Gasteiger partial charge in [0.15, 0.2) is 0 Å². The van der Waals surface area contributed by atoms with Crippen LogP contribution in [0.25, 0.3) is 0 Å². The number of quaternary nitrogens is 1. The topological polar surface area (TPSA) is 137 Å². The summed E-state index contributed by atoms with van der Waals surface area (Å²) in [6.07, 6.45) is 0. The van der Waals surface area contributed by atoms with Gasteiger partial charge in [0.2, 0.25) is 0 Å². The predicted octanol–water partition coefficient (Wildman–Crippen LogP) is -1.26. The minimum Gasteiger partial charge on any atom is -0.554 e. The third-order valence-electron chi connectivity index (χ3n) is 0. The first kappa shape index (κ1) is 29.5. The molecule has 7 N–H and O–H groups in total. The Balaban J connectivity index is -0.0000000213. The Morgan fingerprint density at radius 3 is 1.00 bits per heavy atom. The molecule has 0 atom stereocenters. The Kier molecular flexibility index (Phi) is 249. The van der Waals surface area contributed by atoms with Crippen LogP contribution in [0.5, 0.6) is 0 Å². The van der Waals surface area contributed by atoms with Crippen molar-refractivity contribution in [3.8, 4) is 0 Å². The van der Waals surface area contributed by atoms with Crippen LogP contribution in [0.15, 0.2) is 0 Å². The van der Waals surface area contributed by atoms with E-state index in [-0.39, 0.29) is 26.0 Å². The molecule has 0 aromatic rings. The molecule has 0 radical (unpaired) electrons. The van der Waals surface area contributed by atoms with Crippen LogP contribution in [0.1, 0.15) is 20.8 Å². The minimum atomic E-state index is -0.500. The van der Waals surface area contributed by atoms with E-state index in [1.807, 2.05) is 0 Å². The smallest absolute Gasteiger partial charge is 0.0402 e. The van der Waals surface area contributed by atoms with E-state index >= 15 is 0 Å². The first-order valence-corrected chi connectivity index (χ1v) is 3.54. The fraction of sp³-hybridized carbons (Fsp3) is 0.857. The molecule has 0 saturated carbocycles. The van der Waals surface area contributed by atoms with E-state index in [1.165, 1.54) is 0 Å². The summed E-state index contributed by atoms with van der Waals surface area (Å²) >= 11 is 0. The Bertz CT molecular complexity index is 41.1. The average molecular weight is 201 g/mol. The number of carbonyl (C=O) groups is 1.